The van der Waals surface area contributed by atoms with E-state index in [1.54, 1.807) is 18.2 Å². The van der Waals surface area contributed by atoms with Crippen LogP contribution >= 0.6 is 11.6 Å². The molecule has 0 bridgehead atoms. The van der Waals surface area contributed by atoms with Gasteiger partial charge in [0.05, 0.1) is 39.9 Å². The quantitative estimate of drug-likeness (QED) is 0.262. The number of halogens is 7. The van der Waals surface area contributed by atoms with Crippen LogP contribution in [0, 0.1) is 5.41 Å². The van der Waals surface area contributed by atoms with Gasteiger partial charge in [-0.2, -0.15) is 31.4 Å². The Morgan fingerprint density at radius 2 is 1.75 bits per heavy atom. The van der Waals surface area contributed by atoms with Crippen LogP contribution in [0.15, 0.2) is 60.9 Å². The summed E-state index contributed by atoms with van der Waals surface area (Å²) in [7, 11) is 0. The van der Waals surface area contributed by atoms with E-state index in [4.69, 9.17) is 11.6 Å². The van der Waals surface area contributed by atoms with Crippen LogP contribution in [0.1, 0.15) is 34.5 Å². The van der Waals surface area contributed by atoms with E-state index in [2.05, 4.69) is 20.7 Å². The number of alkyl halides is 6. The molecule has 0 radical (unpaired) electrons. The molecule has 0 aliphatic heterocycles. The topological polar surface area (TPSA) is 88.9 Å². The number of fused-ring (bicyclic) bond motifs is 1. The molecule has 2 heterocycles. The van der Waals surface area contributed by atoms with Gasteiger partial charge in [-0.05, 0) is 54.8 Å². The molecular weight excluding hydrogens is 564 g/mol. The van der Waals surface area contributed by atoms with Crippen LogP contribution in [0.2, 0.25) is 5.02 Å². The Balaban J connectivity index is 1.34. The second kappa shape index (κ2) is 9.81. The molecule has 2 amide bonds. The van der Waals surface area contributed by atoms with Crippen LogP contribution in [0.25, 0.3) is 16.6 Å². The lowest BCUT2D eigenvalue weighted by Crippen LogP contribution is -2.40. The Labute approximate surface area is 227 Å². The molecule has 0 saturated heterocycles. The van der Waals surface area contributed by atoms with Gasteiger partial charge in [0.15, 0.2) is 0 Å². The van der Waals surface area contributed by atoms with Gasteiger partial charge in [0.2, 0.25) is 5.91 Å². The number of anilines is 1. The average Bonchev–Trinajstić information content (AvgIpc) is 3.62. The third-order valence-corrected chi connectivity index (χ3v) is 6.93. The van der Waals surface area contributed by atoms with Crippen LogP contribution < -0.4 is 10.6 Å². The standard InChI is InChI=1S/C26H18ClF6N5O2/c27-18-6-4-14(11-35-23(40)24(8-9-24)26(31,32)33)10-16(18)22(39)37-19-2-1-3-20-17(19)13-36-38(20)15-5-7-21(34-12-15)25(28,29)30/h1-7,10,12-13H,8-9,11H2,(H,35,40)(H,37,39). The molecule has 40 heavy (non-hydrogen) atoms. The van der Waals surface area contributed by atoms with Crippen molar-refractivity contribution in [3.63, 3.8) is 0 Å². The van der Waals surface area contributed by atoms with Crippen LogP contribution in [-0.4, -0.2) is 32.8 Å². The van der Waals surface area contributed by atoms with Gasteiger partial charge in [-0.25, -0.2) is 9.67 Å². The minimum Gasteiger partial charge on any atom is -0.351 e. The second-order valence-electron chi connectivity index (χ2n) is 9.23. The summed E-state index contributed by atoms with van der Waals surface area (Å²) in [6.07, 6.45) is -7.31. The van der Waals surface area contributed by atoms with Crippen LogP contribution in [0.5, 0.6) is 0 Å². The highest BCUT2D eigenvalue weighted by Gasteiger charge is 2.68. The molecule has 2 N–H and O–H groups in total. The van der Waals surface area contributed by atoms with E-state index in [0.29, 0.717) is 22.2 Å². The van der Waals surface area contributed by atoms with Gasteiger partial charge < -0.3 is 10.6 Å². The minimum atomic E-state index is -4.64. The van der Waals surface area contributed by atoms with Crippen molar-refractivity contribution in [2.24, 2.45) is 5.41 Å². The Hall–Kier alpha value is -4.13. The smallest absolute Gasteiger partial charge is 0.351 e. The molecule has 1 saturated carbocycles. The number of pyridine rings is 1. The van der Waals surface area contributed by atoms with E-state index in [0.717, 1.165) is 12.3 Å². The molecule has 2 aromatic heterocycles. The Morgan fingerprint density at radius 1 is 1.00 bits per heavy atom. The average molecular weight is 582 g/mol. The van der Waals surface area contributed by atoms with Gasteiger partial charge in [0.1, 0.15) is 11.1 Å². The number of rotatable bonds is 6. The highest BCUT2D eigenvalue weighted by molar-refractivity contribution is 6.34. The third kappa shape index (κ3) is 5.08. The summed E-state index contributed by atoms with van der Waals surface area (Å²) in [5.41, 5.74) is -1.97. The summed E-state index contributed by atoms with van der Waals surface area (Å²) in [5, 5.41) is 9.74. The number of carbonyl (C=O) groups is 2. The number of nitrogens with one attached hydrogen (secondary N) is 2. The zero-order valence-corrected chi connectivity index (χ0v) is 21.0. The summed E-state index contributed by atoms with van der Waals surface area (Å²) in [6.45, 7) is -0.238. The van der Waals surface area contributed by atoms with Gasteiger partial charge in [-0.15, -0.1) is 0 Å². The highest BCUT2D eigenvalue weighted by atomic mass is 35.5. The summed E-state index contributed by atoms with van der Waals surface area (Å²) >= 11 is 6.21. The van der Waals surface area contributed by atoms with E-state index in [-0.39, 0.29) is 35.7 Å². The predicted molar refractivity (Wildman–Crippen MR) is 133 cm³/mol. The van der Waals surface area contributed by atoms with Crippen molar-refractivity contribution in [1.29, 1.82) is 0 Å². The zero-order valence-electron chi connectivity index (χ0n) is 20.2. The van der Waals surface area contributed by atoms with Crippen LogP contribution in [0.3, 0.4) is 0 Å². The largest absolute Gasteiger partial charge is 0.433 e. The molecule has 5 rings (SSSR count). The minimum absolute atomic E-state index is 0.0155. The van der Waals surface area contributed by atoms with E-state index in [1.165, 1.54) is 35.1 Å². The third-order valence-electron chi connectivity index (χ3n) is 6.60. The van der Waals surface area contributed by atoms with Crippen molar-refractivity contribution in [3.8, 4) is 5.69 Å². The maximum atomic E-state index is 13.2. The first-order valence-electron chi connectivity index (χ1n) is 11.8. The van der Waals surface area contributed by atoms with E-state index in [9.17, 15) is 35.9 Å². The Morgan fingerprint density at radius 3 is 2.38 bits per heavy atom. The zero-order chi connectivity index (χ0) is 28.9. The molecule has 0 unspecified atom stereocenters. The van der Waals surface area contributed by atoms with E-state index < -0.39 is 35.3 Å². The molecule has 14 heteroatoms. The normalized spacial score (nSPS) is 14.7. The molecule has 2 aromatic carbocycles. The Bertz CT molecular complexity index is 1610. The lowest BCUT2D eigenvalue weighted by atomic mass is 10.1. The SMILES string of the molecule is O=C(Nc1cccc2c1cnn2-c1ccc(C(F)(F)F)nc1)c1cc(CNC(=O)C2(C(F)(F)F)CC2)ccc1Cl. The fourth-order valence-corrected chi connectivity index (χ4v) is 4.41. The van der Waals surface area contributed by atoms with Gasteiger partial charge in [-0.3, -0.25) is 9.59 Å². The molecule has 1 fully saturated rings. The number of nitrogens with zero attached hydrogens (tertiary/aromatic N) is 3. The number of benzene rings is 2. The fourth-order valence-electron chi connectivity index (χ4n) is 4.21. The number of amides is 2. The first-order chi connectivity index (χ1) is 18.8. The number of hydrogen-bond acceptors (Lipinski definition) is 4. The van der Waals surface area contributed by atoms with Crippen LogP contribution in [-0.2, 0) is 17.5 Å². The molecule has 4 aromatic rings. The van der Waals surface area contributed by atoms with Gasteiger partial charge >= 0.3 is 12.4 Å². The lowest BCUT2D eigenvalue weighted by Gasteiger charge is -2.18. The number of carbonyl (C=O) groups excluding carboxylic acids is 2. The summed E-state index contributed by atoms with van der Waals surface area (Å²) < 4.78 is 79.5. The fraction of sp³-hybridized carbons (Fsp3) is 0.231. The molecule has 0 spiro atoms. The van der Waals surface area contributed by atoms with Crippen molar-refractivity contribution in [1.82, 2.24) is 20.1 Å². The van der Waals surface area contributed by atoms with Crippen molar-refractivity contribution < 1.29 is 35.9 Å². The molecular formula is C26H18ClF6N5O2. The molecule has 208 valence electrons. The first-order valence-corrected chi connectivity index (χ1v) is 12.1. The van der Waals surface area contributed by atoms with Crippen molar-refractivity contribution in [2.75, 3.05) is 5.32 Å². The van der Waals surface area contributed by atoms with E-state index >= 15 is 0 Å². The van der Waals surface area contributed by atoms with Crippen molar-refractivity contribution >= 4 is 40.0 Å². The number of hydrogen-bond donors (Lipinski definition) is 2. The molecule has 7 nitrogen and oxygen atoms in total. The molecule has 1 aliphatic rings. The highest BCUT2D eigenvalue weighted by Crippen LogP contribution is 2.57. The summed E-state index contributed by atoms with van der Waals surface area (Å²) in [5.74, 6) is -1.75. The van der Waals surface area contributed by atoms with Gasteiger partial charge in [0.25, 0.3) is 5.91 Å². The van der Waals surface area contributed by atoms with Crippen molar-refractivity contribution in [2.45, 2.75) is 31.7 Å². The second-order valence-corrected chi connectivity index (χ2v) is 9.63. The lowest BCUT2D eigenvalue weighted by molar-refractivity contribution is -0.192. The van der Waals surface area contributed by atoms with Gasteiger partial charge in [-0.1, -0.05) is 23.7 Å². The van der Waals surface area contributed by atoms with Gasteiger partial charge in [0, 0.05) is 11.9 Å². The summed E-state index contributed by atoms with van der Waals surface area (Å²) in [4.78, 5) is 28.7. The maximum Gasteiger partial charge on any atom is 0.433 e. The Kier molecular flexibility index (Phi) is 6.73. The van der Waals surface area contributed by atoms with E-state index in [1.807, 2.05) is 0 Å². The predicted octanol–water partition coefficient (Wildman–Crippen LogP) is 6.30. The first kappa shape index (κ1) is 27.4. The summed E-state index contributed by atoms with van der Waals surface area (Å²) in [6, 6.07) is 11.1. The van der Waals surface area contributed by atoms with Crippen molar-refractivity contribution in [3.05, 3.63) is 82.8 Å². The van der Waals surface area contributed by atoms with Crippen LogP contribution in [0.4, 0.5) is 32.0 Å². The maximum absolute atomic E-state index is 13.2. The molecule has 1 aliphatic carbocycles. The molecule has 0 atom stereocenters. The monoisotopic (exact) mass is 581 g/mol. The number of aromatic nitrogens is 3.